The minimum atomic E-state index is -0.274. The van der Waals surface area contributed by atoms with Gasteiger partial charge < -0.3 is 21.5 Å². The van der Waals surface area contributed by atoms with Gasteiger partial charge in [-0.2, -0.15) is 4.37 Å². The van der Waals surface area contributed by atoms with Crippen LogP contribution in [0.5, 0.6) is 5.75 Å². The topological polar surface area (TPSA) is 106 Å². The van der Waals surface area contributed by atoms with Gasteiger partial charge in [-0.25, -0.2) is 0 Å². The molecule has 5 N–H and O–H groups in total. The number of primary amides is 1. The molecule has 0 radical (unpaired) electrons. The van der Waals surface area contributed by atoms with Gasteiger partial charge in [-0.05, 0) is 38.2 Å². The first-order valence-electron chi connectivity index (χ1n) is 7.14. The number of carbonyl (C=O) groups excluding carboxylic acids is 1. The first kappa shape index (κ1) is 15.8. The van der Waals surface area contributed by atoms with Gasteiger partial charge in [0, 0.05) is 19.1 Å². The second-order valence-corrected chi connectivity index (χ2v) is 6.33. The lowest BCUT2D eigenvalue weighted by molar-refractivity contribution is -0.119. The Bertz CT molecular complexity index is 483. The summed E-state index contributed by atoms with van der Waals surface area (Å²) in [6, 6.07) is 0.337. The maximum absolute atomic E-state index is 10.9. The summed E-state index contributed by atoms with van der Waals surface area (Å²) in [6.45, 7) is 5.97. The van der Waals surface area contributed by atoms with E-state index in [0.29, 0.717) is 24.2 Å². The van der Waals surface area contributed by atoms with E-state index in [2.05, 4.69) is 14.6 Å². The molecule has 1 aromatic heterocycles. The van der Waals surface area contributed by atoms with E-state index in [4.69, 9.17) is 16.2 Å². The number of aromatic nitrogens is 1. The summed E-state index contributed by atoms with van der Waals surface area (Å²) < 4.78 is 9.87. The van der Waals surface area contributed by atoms with Crippen LogP contribution in [0.25, 0.3) is 0 Å². The molecule has 1 fully saturated rings. The van der Waals surface area contributed by atoms with Crippen molar-refractivity contribution >= 4 is 28.3 Å². The van der Waals surface area contributed by atoms with Gasteiger partial charge in [0.15, 0.2) is 16.6 Å². The average molecular weight is 313 g/mol. The maximum Gasteiger partial charge on any atom is 0.231 e. The average Bonchev–Trinajstić information content (AvgIpc) is 2.73. The lowest BCUT2D eigenvalue weighted by Crippen LogP contribution is -2.42. The number of anilines is 2. The summed E-state index contributed by atoms with van der Waals surface area (Å²) in [5, 5.41) is 4.34. The highest BCUT2D eigenvalue weighted by molar-refractivity contribution is 7.11. The number of rotatable bonds is 6. The van der Waals surface area contributed by atoms with Gasteiger partial charge in [0.05, 0.1) is 12.6 Å². The molecule has 1 amide bonds. The zero-order valence-electron chi connectivity index (χ0n) is 12.5. The summed E-state index contributed by atoms with van der Waals surface area (Å²) in [6.07, 6.45) is 1.96. The molecule has 8 heteroatoms. The summed E-state index contributed by atoms with van der Waals surface area (Å²) in [5.41, 5.74) is 11.1. The van der Waals surface area contributed by atoms with Crippen molar-refractivity contribution in [3.05, 3.63) is 0 Å². The van der Waals surface area contributed by atoms with Gasteiger partial charge >= 0.3 is 0 Å². The third-order valence-electron chi connectivity index (χ3n) is 3.33. The lowest BCUT2D eigenvalue weighted by Gasteiger charge is -2.31. The lowest BCUT2D eigenvalue weighted by atomic mass is 10.1. The number of nitrogens with two attached hydrogens (primary N) is 2. The van der Waals surface area contributed by atoms with Gasteiger partial charge in [0.25, 0.3) is 0 Å². The van der Waals surface area contributed by atoms with Crippen LogP contribution in [0.1, 0.15) is 26.7 Å². The minimum Gasteiger partial charge on any atom is -0.484 e. The molecule has 1 aromatic rings. The predicted molar refractivity (Wildman–Crippen MR) is 84.6 cm³/mol. The fourth-order valence-electron chi connectivity index (χ4n) is 2.38. The number of nitrogens with one attached hydrogen (secondary N) is 1. The molecular weight excluding hydrogens is 290 g/mol. The van der Waals surface area contributed by atoms with Crippen LogP contribution in [-0.2, 0) is 4.79 Å². The number of carbonyl (C=O) groups is 1. The zero-order valence-corrected chi connectivity index (χ0v) is 13.3. The maximum atomic E-state index is 10.9. The molecule has 1 aliphatic rings. The molecule has 1 saturated heterocycles. The molecule has 21 heavy (non-hydrogen) atoms. The van der Waals surface area contributed by atoms with Gasteiger partial charge in [-0.1, -0.05) is 0 Å². The molecule has 118 valence electrons. The van der Waals surface area contributed by atoms with E-state index in [0.717, 1.165) is 30.9 Å². The van der Waals surface area contributed by atoms with Crippen LogP contribution >= 0.6 is 11.5 Å². The van der Waals surface area contributed by atoms with Gasteiger partial charge in [-0.3, -0.25) is 9.69 Å². The van der Waals surface area contributed by atoms with Gasteiger partial charge in [0.1, 0.15) is 0 Å². The normalized spacial score (nSPS) is 17.1. The van der Waals surface area contributed by atoms with E-state index in [9.17, 15) is 4.79 Å². The molecular formula is C13H23N5O2S. The van der Waals surface area contributed by atoms with E-state index in [1.807, 2.05) is 13.8 Å². The Hall–Kier alpha value is -1.54. The number of amides is 1. The molecule has 0 atom stereocenters. The van der Waals surface area contributed by atoms with Crippen LogP contribution in [0.4, 0.5) is 10.8 Å². The molecule has 0 unspecified atom stereocenters. The molecule has 0 bridgehead atoms. The number of nitrogen functional groups attached to an aromatic ring is 1. The van der Waals surface area contributed by atoms with Crippen molar-refractivity contribution in [3.8, 4) is 5.75 Å². The van der Waals surface area contributed by atoms with Crippen LogP contribution in [0, 0.1) is 0 Å². The zero-order chi connectivity index (χ0) is 15.4. The van der Waals surface area contributed by atoms with Crippen molar-refractivity contribution in [1.29, 1.82) is 0 Å². The second-order valence-electron chi connectivity index (χ2n) is 5.55. The monoisotopic (exact) mass is 313 g/mol. The van der Waals surface area contributed by atoms with Crippen LogP contribution in [0.2, 0.25) is 0 Å². The molecule has 0 aromatic carbocycles. The number of hydrogen-bond acceptors (Lipinski definition) is 7. The highest BCUT2D eigenvalue weighted by Gasteiger charge is 2.23. The van der Waals surface area contributed by atoms with E-state index in [1.165, 1.54) is 11.5 Å². The molecule has 0 saturated carbocycles. The Morgan fingerprint density at radius 2 is 2.19 bits per heavy atom. The molecule has 1 aliphatic heterocycles. The molecule has 2 heterocycles. The van der Waals surface area contributed by atoms with Crippen LogP contribution < -0.4 is 21.5 Å². The Labute approximate surface area is 128 Å². The summed E-state index contributed by atoms with van der Waals surface area (Å²) >= 11 is 1.32. The molecule has 7 nitrogen and oxygen atoms in total. The number of nitrogens with zero attached hydrogens (tertiary/aromatic N) is 2. The van der Waals surface area contributed by atoms with Crippen molar-refractivity contribution in [1.82, 2.24) is 9.27 Å². The molecule has 0 spiro atoms. The van der Waals surface area contributed by atoms with Crippen LogP contribution in [0.3, 0.4) is 0 Å². The van der Waals surface area contributed by atoms with Crippen LogP contribution in [-0.4, -0.2) is 47.0 Å². The van der Waals surface area contributed by atoms with Gasteiger partial charge in [0.2, 0.25) is 5.91 Å². The quantitative estimate of drug-likeness (QED) is 0.719. The first-order chi connectivity index (χ1) is 9.95. The largest absolute Gasteiger partial charge is 0.484 e. The van der Waals surface area contributed by atoms with Crippen molar-refractivity contribution in [2.45, 2.75) is 38.8 Å². The standard InChI is InChI=1S/C13H23N5O2S/c1-8(2)20-11-12(15)17-21-13(11)16-9-3-5-18(6-4-9)7-10(14)19/h8-9,16H,3-7H2,1-2H3,(H2,14,19)(H2,15,17). The van der Waals surface area contributed by atoms with Crippen molar-refractivity contribution < 1.29 is 9.53 Å². The third kappa shape index (κ3) is 4.47. The Morgan fingerprint density at radius 1 is 1.52 bits per heavy atom. The SMILES string of the molecule is CC(C)Oc1c(N)nsc1NC1CCN(CC(N)=O)CC1. The van der Waals surface area contributed by atoms with Crippen LogP contribution in [0.15, 0.2) is 0 Å². The highest BCUT2D eigenvalue weighted by atomic mass is 32.1. The fraction of sp³-hybridized carbons (Fsp3) is 0.692. The smallest absolute Gasteiger partial charge is 0.231 e. The Kier molecular flexibility index (Phi) is 5.24. The summed E-state index contributed by atoms with van der Waals surface area (Å²) in [4.78, 5) is 13.0. The fourth-order valence-corrected chi connectivity index (χ4v) is 3.10. The number of piperidine rings is 1. The molecule has 0 aliphatic carbocycles. The van der Waals surface area contributed by atoms with Crippen molar-refractivity contribution in [2.75, 3.05) is 30.7 Å². The number of ether oxygens (including phenoxy) is 1. The number of likely N-dealkylation sites (tertiary alicyclic amines) is 1. The Morgan fingerprint density at radius 3 is 2.76 bits per heavy atom. The predicted octanol–water partition coefficient (Wildman–Crippen LogP) is 0.874. The third-order valence-corrected chi connectivity index (χ3v) is 4.10. The summed E-state index contributed by atoms with van der Waals surface area (Å²) in [7, 11) is 0. The van der Waals surface area contributed by atoms with Crippen molar-refractivity contribution in [2.24, 2.45) is 5.73 Å². The second kappa shape index (κ2) is 6.95. The van der Waals surface area contributed by atoms with Gasteiger partial charge in [-0.15, -0.1) is 0 Å². The van der Waals surface area contributed by atoms with E-state index >= 15 is 0 Å². The summed E-state index contributed by atoms with van der Waals surface area (Å²) in [5.74, 6) is 0.807. The Balaban J connectivity index is 1.90. The molecule has 2 rings (SSSR count). The highest BCUT2D eigenvalue weighted by Crippen LogP contribution is 2.37. The minimum absolute atomic E-state index is 0.0571. The van der Waals surface area contributed by atoms with E-state index in [1.54, 1.807) is 0 Å². The first-order valence-corrected chi connectivity index (χ1v) is 7.92. The van der Waals surface area contributed by atoms with Crippen molar-refractivity contribution in [3.63, 3.8) is 0 Å². The van der Waals surface area contributed by atoms with E-state index in [-0.39, 0.29) is 12.0 Å². The van der Waals surface area contributed by atoms with E-state index < -0.39 is 0 Å². The number of hydrogen-bond donors (Lipinski definition) is 3.